The van der Waals surface area contributed by atoms with E-state index in [9.17, 15) is 0 Å². The fourth-order valence-electron chi connectivity index (χ4n) is 2.05. The van der Waals surface area contributed by atoms with Crippen LogP contribution in [0.25, 0.3) is 0 Å². The van der Waals surface area contributed by atoms with Crippen LogP contribution in [0.15, 0.2) is 25.4 Å². The smallest absolute Gasteiger partial charge is 0.0717 e. The monoisotopic (exact) mass is 534 g/mol. The van der Waals surface area contributed by atoms with E-state index in [2.05, 4.69) is 25.3 Å². The highest BCUT2D eigenvalue weighted by molar-refractivity contribution is 8.43. The first-order valence-electron chi connectivity index (χ1n) is 8.63. The van der Waals surface area contributed by atoms with Gasteiger partial charge in [-0.1, -0.05) is 47.0 Å². The summed E-state index contributed by atoms with van der Waals surface area (Å²) in [6, 6.07) is 0. The molecule has 3 rings (SSSR count). The van der Waals surface area contributed by atoms with Crippen molar-refractivity contribution in [1.29, 1.82) is 0 Å². The molecule has 28 heavy (non-hydrogen) atoms. The lowest BCUT2D eigenvalue weighted by molar-refractivity contribution is 0.00147. The Kier molecular flexibility index (Phi) is 12.3. The summed E-state index contributed by atoms with van der Waals surface area (Å²) in [5.74, 6) is 1.87. The topological polar surface area (TPSA) is 36.9 Å². The average molecular weight is 535 g/mol. The van der Waals surface area contributed by atoms with E-state index in [0.29, 0.717) is 39.6 Å². The largest absolute Gasteiger partial charge is 0.378 e. The Hall–Kier alpha value is 1.86. The van der Waals surface area contributed by atoms with Crippen LogP contribution in [0.4, 0.5) is 0 Å². The second-order valence-corrected chi connectivity index (χ2v) is 14.1. The Labute approximate surface area is 203 Å². The van der Waals surface area contributed by atoms with Gasteiger partial charge in [0.1, 0.15) is 0 Å². The van der Waals surface area contributed by atoms with Crippen LogP contribution in [0.2, 0.25) is 0 Å². The molecule has 0 aromatic rings. The third kappa shape index (κ3) is 8.42. The fourth-order valence-corrected chi connectivity index (χ4v) is 11.2. The molecule has 0 amide bonds. The van der Waals surface area contributed by atoms with E-state index in [1.807, 2.05) is 47.0 Å². The zero-order chi connectivity index (χ0) is 19.6. The second kappa shape index (κ2) is 14.1. The van der Waals surface area contributed by atoms with Crippen LogP contribution in [-0.2, 0) is 18.9 Å². The molecule has 3 heterocycles. The van der Waals surface area contributed by atoms with Gasteiger partial charge in [-0.15, -0.1) is 48.8 Å². The molecular weight excluding hydrogens is 513 g/mol. The number of thioether (sulfide) groups is 6. The predicted octanol–water partition coefficient (Wildman–Crippen LogP) is 5.73. The predicted molar refractivity (Wildman–Crippen MR) is 138 cm³/mol. The van der Waals surface area contributed by atoms with Gasteiger partial charge in [-0.3, -0.25) is 0 Å². The molecule has 0 aliphatic carbocycles. The Morgan fingerprint density at radius 3 is 1.25 bits per heavy atom. The summed E-state index contributed by atoms with van der Waals surface area (Å²) in [6.45, 7) is 5.10. The molecule has 0 saturated carbocycles. The molecule has 0 atom stereocenters. The molecule has 12 heteroatoms. The second-order valence-electron chi connectivity index (χ2n) is 5.31. The zero-order valence-electron chi connectivity index (χ0n) is 15.0. The molecule has 0 fully saturated rings. The van der Waals surface area contributed by atoms with E-state index >= 15 is 0 Å². The summed E-state index contributed by atoms with van der Waals surface area (Å²) in [4.78, 5) is 0. The summed E-state index contributed by atoms with van der Waals surface area (Å²) < 4.78 is 29.6. The zero-order valence-corrected chi connectivity index (χ0v) is 21.7. The molecule has 0 unspecified atom stereocenters. The first-order valence-corrected chi connectivity index (χ1v) is 14.8. The molecule has 0 N–H and O–H groups in total. The van der Waals surface area contributed by atoms with Crippen LogP contribution in [0, 0.1) is 0 Å². The van der Waals surface area contributed by atoms with E-state index in [1.165, 1.54) is 16.9 Å². The van der Waals surface area contributed by atoms with Crippen LogP contribution in [0.1, 0.15) is 0 Å². The maximum atomic E-state index is 5.68. The molecule has 4 nitrogen and oxygen atoms in total. The molecule has 3 aliphatic heterocycles. The van der Waals surface area contributed by atoms with E-state index in [4.69, 9.17) is 18.9 Å². The van der Waals surface area contributed by atoms with Crippen molar-refractivity contribution in [2.24, 2.45) is 0 Å². The van der Waals surface area contributed by atoms with E-state index in [-0.39, 0.29) is 0 Å². The highest BCUT2D eigenvalue weighted by atomic mass is 32.3. The quantitative estimate of drug-likeness (QED) is 0.376. The minimum Gasteiger partial charge on any atom is -0.378 e. The van der Waals surface area contributed by atoms with Crippen LogP contribution in [0.5, 0.6) is 0 Å². The van der Waals surface area contributed by atoms with Gasteiger partial charge in [0, 0.05) is 11.5 Å². The van der Waals surface area contributed by atoms with Gasteiger partial charge in [0.05, 0.1) is 78.3 Å². The number of ether oxygens (including phenoxy) is 4. The lowest BCUT2D eigenvalue weighted by Gasteiger charge is -2.09. The molecule has 0 radical (unpaired) electrons. The van der Waals surface area contributed by atoms with Crippen molar-refractivity contribution in [2.45, 2.75) is 0 Å². The van der Waals surface area contributed by atoms with E-state index in [1.54, 1.807) is 23.5 Å². The van der Waals surface area contributed by atoms with Crippen molar-refractivity contribution in [1.82, 2.24) is 0 Å². The van der Waals surface area contributed by atoms with Crippen LogP contribution in [-0.4, -0.2) is 64.4 Å². The molecular formula is C16H22O4S8. The maximum Gasteiger partial charge on any atom is 0.0717 e. The van der Waals surface area contributed by atoms with Crippen LogP contribution < -0.4 is 0 Å². The van der Waals surface area contributed by atoms with E-state index < -0.39 is 0 Å². The van der Waals surface area contributed by atoms with Crippen molar-refractivity contribution >= 4 is 95.8 Å². The first-order chi connectivity index (χ1) is 13.7. The summed E-state index contributed by atoms with van der Waals surface area (Å²) >= 11 is 19.9. The van der Waals surface area contributed by atoms with Gasteiger partial charge in [-0.25, -0.2) is 0 Å². The summed E-state index contributed by atoms with van der Waals surface area (Å²) in [7, 11) is 0. The minimum absolute atomic E-state index is 0.600. The molecule has 0 aromatic heterocycles. The van der Waals surface area contributed by atoms with Crippen molar-refractivity contribution < 1.29 is 18.9 Å². The van der Waals surface area contributed by atoms with Crippen LogP contribution in [0.3, 0.4) is 0 Å². The van der Waals surface area contributed by atoms with Crippen molar-refractivity contribution in [3.8, 4) is 0 Å². The molecule has 0 bridgehead atoms. The third-order valence-corrected chi connectivity index (χ3v) is 13.0. The van der Waals surface area contributed by atoms with Gasteiger partial charge in [0.2, 0.25) is 0 Å². The molecule has 158 valence electrons. The molecule has 0 aromatic carbocycles. The Bertz CT molecular complexity index is 574. The summed E-state index contributed by atoms with van der Waals surface area (Å²) in [6.07, 6.45) is 0. The Balaban J connectivity index is 1.55. The lowest BCUT2D eigenvalue weighted by Crippen LogP contribution is -2.13. The number of thiol groups is 2. The average Bonchev–Trinajstić information content (AvgIpc) is 3.24. The van der Waals surface area contributed by atoms with Gasteiger partial charge in [0.15, 0.2) is 0 Å². The SMILES string of the molecule is SC1=C(S)SC(=C2SC3=C(SCCOCCOCCOCCOCCS3)S2)S1. The third-order valence-electron chi connectivity index (χ3n) is 3.30. The first kappa shape index (κ1) is 24.5. The van der Waals surface area contributed by atoms with Crippen molar-refractivity contribution in [3.63, 3.8) is 0 Å². The number of rotatable bonds is 0. The van der Waals surface area contributed by atoms with Gasteiger partial charge in [-0.05, 0) is 0 Å². The lowest BCUT2D eigenvalue weighted by atomic mass is 10.7. The van der Waals surface area contributed by atoms with E-state index in [0.717, 1.165) is 33.2 Å². The maximum absolute atomic E-state index is 5.68. The van der Waals surface area contributed by atoms with Gasteiger partial charge < -0.3 is 18.9 Å². The standard InChI is InChI=1S/C16H22O4S8/c21-11-12(22)26-15(25-11)16-27-13-14(28-16)24-10-8-20-6-4-18-2-1-17-3-5-19-7-9-23-13/h21-22H,1-10H2. The highest BCUT2D eigenvalue weighted by Gasteiger charge is 2.28. The number of hydrogen-bond acceptors (Lipinski definition) is 12. The molecule has 0 saturated heterocycles. The minimum atomic E-state index is 0.600. The van der Waals surface area contributed by atoms with Gasteiger partial charge in [-0.2, -0.15) is 0 Å². The Morgan fingerprint density at radius 1 is 0.464 bits per heavy atom. The van der Waals surface area contributed by atoms with Crippen molar-refractivity contribution in [2.75, 3.05) is 64.4 Å². The van der Waals surface area contributed by atoms with Gasteiger partial charge in [0.25, 0.3) is 0 Å². The fraction of sp³-hybridized carbons (Fsp3) is 0.625. The highest BCUT2D eigenvalue weighted by Crippen LogP contribution is 2.64. The molecule has 0 spiro atoms. The van der Waals surface area contributed by atoms with Gasteiger partial charge >= 0.3 is 0 Å². The Morgan fingerprint density at radius 2 is 0.821 bits per heavy atom. The number of hydrogen-bond donors (Lipinski definition) is 2. The molecule has 3 aliphatic rings. The van der Waals surface area contributed by atoms with Crippen molar-refractivity contribution in [3.05, 3.63) is 25.4 Å². The van der Waals surface area contributed by atoms with Crippen LogP contribution >= 0.6 is 95.8 Å². The summed E-state index contributed by atoms with van der Waals surface area (Å²) in [5, 5.41) is 0. The normalized spacial score (nSPS) is 25.1. The summed E-state index contributed by atoms with van der Waals surface area (Å²) in [5.41, 5.74) is 0.